The van der Waals surface area contributed by atoms with Crippen LogP contribution in [-0.4, -0.2) is 24.4 Å². The molecule has 0 aliphatic heterocycles. The van der Waals surface area contributed by atoms with Gasteiger partial charge >= 0.3 is 0 Å². The van der Waals surface area contributed by atoms with Crippen LogP contribution in [0.3, 0.4) is 0 Å². The van der Waals surface area contributed by atoms with Gasteiger partial charge in [-0.15, -0.1) is 0 Å². The van der Waals surface area contributed by atoms with Crippen LogP contribution in [0.5, 0.6) is 0 Å². The van der Waals surface area contributed by atoms with E-state index in [1.807, 2.05) is 13.8 Å². The number of nitrogens with one attached hydrogen (secondary N) is 2. The molecule has 0 saturated carbocycles. The maximum absolute atomic E-state index is 11.2. The minimum atomic E-state index is -0.387. The van der Waals surface area contributed by atoms with E-state index in [0.717, 1.165) is 0 Å². The average molecular weight is 172 g/mol. The van der Waals surface area contributed by atoms with E-state index in [0.29, 0.717) is 13.0 Å². The van der Waals surface area contributed by atoms with Gasteiger partial charge < -0.3 is 10.6 Å². The molecule has 4 heteroatoms. The van der Waals surface area contributed by atoms with E-state index in [1.165, 1.54) is 6.92 Å². The number of carbonyl (C=O) groups excluding carboxylic acids is 2. The van der Waals surface area contributed by atoms with Crippen molar-refractivity contribution in [2.24, 2.45) is 0 Å². The SMILES string of the molecule is CCNC(=O)[C@H](CC)NC(C)=O. The molecular formula is C8H16N2O2. The lowest BCUT2D eigenvalue weighted by molar-refractivity contribution is -0.128. The smallest absolute Gasteiger partial charge is 0.242 e. The van der Waals surface area contributed by atoms with Gasteiger partial charge in [0.05, 0.1) is 0 Å². The van der Waals surface area contributed by atoms with Gasteiger partial charge in [0.25, 0.3) is 0 Å². The van der Waals surface area contributed by atoms with Crippen molar-refractivity contribution in [3.8, 4) is 0 Å². The van der Waals surface area contributed by atoms with Gasteiger partial charge in [-0.25, -0.2) is 0 Å². The molecule has 2 N–H and O–H groups in total. The summed E-state index contributed by atoms with van der Waals surface area (Å²) in [5.74, 6) is -0.289. The third kappa shape index (κ3) is 3.95. The second-order valence-electron chi connectivity index (χ2n) is 2.56. The number of likely N-dealkylation sites (N-methyl/N-ethyl adjacent to an activating group) is 1. The van der Waals surface area contributed by atoms with Gasteiger partial charge in [0.2, 0.25) is 11.8 Å². The summed E-state index contributed by atoms with van der Waals surface area (Å²) in [6.07, 6.45) is 0.616. The van der Waals surface area contributed by atoms with Gasteiger partial charge in [0.1, 0.15) is 6.04 Å². The number of rotatable bonds is 4. The molecule has 4 nitrogen and oxygen atoms in total. The molecule has 0 bridgehead atoms. The third-order valence-electron chi connectivity index (χ3n) is 1.45. The van der Waals surface area contributed by atoms with Crippen molar-refractivity contribution in [2.45, 2.75) is 33.2 Å². The molecule has 1 atom stereocenters. The van der Waals surface area contributed by atoms with Crippen molar-refractivity contribution in [2.75, 3.05) is 6.54 Å². The molecule has 0 radical (unpaired) electrons. The topological polar surface area (TPSA) is 58.2 Å². The van der Waals surface area contributed by atoms with Crippen molar-refractivity contribution in [3.05, 3.63) is 0 Å². The van der Waals surface area contributed by atoms with E-state index in [4.69, 9.17) is 0 Å². The molecule has 0 aromatic rings. The van der Waals surface area contributed by atoms with Crippen molar-refractivity contribution < 1.29 is 9.59 Å². The minimum Gasteiger partial charge on any atom is -0.355 e. The van der Waals surface area contributed by atoms with Crippen molar-refractivity contribution in [1.82, 2.24) is 10.6 Å². The number of hydrogen-bond acceptors (Lipinski definition) is 2. The summed E-state index contributed by atoms with van der Waals surface area (Å²) in [7, 11) is 0. The van der Waals surface area contributed by atoms with E-state index in [9.17, 15) is 9.59 Å². The summed E-state index contributed by atoms with van der Waals surface area (Å²) in [5.41, 5.74) is 0. The quantitative estimate of drug-likeness (QED) is 0.629. The predicted octanol–water partition coefficient (Wildman–Crippen LogP) is 0.0372. The molecule has 0 spiro atoms. The van der Waals surface area contributed by atoms with Gasteiger partial charge in [-0.1, -0.05) is 6.92 Å². The largest absolute Gasteiger partial charge is 0.355 e. The van der Waals surface area contributed by atoms with Gasteiger partial charge in [0.15, 0.2) is 0 Å². The Morgan fingerprint density at radius 1 is 1.33 bits per heavy atom. The highest BCUT2D eigenvalue weighted by atomic mass is 16.2. The second kappa shape index (κ2) is 5.57. The van der Waals surface area contributed by atoms with Crippen LogP contribution < -0.4 is 10.6 Å². The fourth-order valence-electron chi connectivity index (χ4n) is 0.896. The molecule has 0 rings (SSSR count). The second-order valence-corrected chi connectivity index (χ2v) is 2.56. The van der Waals surface area contributed by atoms with Gasteiger partial charge in [-0.05, 0) is 13.3 Å². The van der Waals surface area contributed by atoms with Crippen LogP contribution in [-0.2, 0) is 9.59 Å². The minimum absolute atomic E-state index is 0.116. The summed E-state index contributed by atoms with van der Waals surface area (Å²) in [6, 6.07) is -0.387. The Kier molecular flexibility index (Phi) is 5.08. The average Bonchev–Trinajstić information content (AvgIpc) is 2.00. The third-order valence-corrected chi connectivity index (χ3v) is 1.45. The normalized spacial score (nSPS) is 11.9. The molecule has 0 unspecified atom stereocenters. The summed E-state index contributed by atoms with van der Waals surface area (Å²) in [4.78, 5) is 21.8. The summed E-state index contributed by atoms with van der Waals surface area (Å²) < 4.78 is 0. The Hall–Kier alpha value is -1.06. The van der Waals surface area contributed by atoms with Gasteiger partial charge in [-0.2, -0.15) is 0 Å². The highest BCUT2D eigenvalue weighted by Gasteiger charge is 2.15. The van der Waals surface area contributed by atoms with Crippen LogP contribution in [0.25, 0.3) is 0 Å². The molecule has 12 heavy (non-hydrogen) atoms. The molecule has 0 aromatic carbocycles. The molecule has 70 valence electrons. The Balaban J connectivity index is 3.96. The first-order chi connectivity index (χ1) is 5.61. The maximum atomic E-state index is 11.2. The fraction of sp³-hybridized carbons (Fsp3) is 0.750. The molecule has 0 saturated heterocycles. The number of amides is 2. The van der Waals surface area contributed by atoms with E-state index in [-0.39, 0.29) is 17.9 Å². The van der Waals surface area contributed by atoms with E-state index >= 15 is 0 Å². The Bertz CT molecular complexity index is 168. The summed E-state index contributed by atoms with van der Waals surface area (Å²) in [6.45, 7) is 5.70. The van der Waals surface area contributed by atoms with Gasteiger partial charge in [-0.3, -0.25) is 9.59 Å². The molecule has 0 fully saturated rings. The first-order valence-electron chi connectivity index (χ1n) is 4.16. The van der Waals surface area contributed by atoms with Crippen LogP contribution in [0.15, 0.2) is 0 Å². The van der Waals surface area contributed by atoms with Crippen LogP contribution in [0, 0.1) is 0 Å². The summed E-state index contributed by atoms with van der Waals surface area (Å²) >= 11 is 0. The maximum Gasteiger partial charge on any atom is 0.242 e. The fourth-order valence-corrected chi connectivity index (χ4v) is 0.896. The standard InChI is InChI=1S/C8H16N2O2/c1-4-7(10-6(3)11)8(12)9-5-2/h7H,4-5H2,1-3H3,(H,9,12)(H,10,11)/t7-/m0/s1. The molecule has 0 aliphatic carbocycles. The molecule has 2 amide bonds. The zero-order chi connectivity index (χ0) is 9.56. The van der Waals surface area contributed by atoms with Gasteiger partial charge in [0, 0.05) is 13.5 Å². The zero-order valence-corrected chi connectivity index (χ0v) is 7.81. The number of hydrogen-bond donors (Lipinski definition) is 2. The lowest BCUT2D eigenvalue weighted by Gasteiger charge is -2.14. The zero-order valence-electron chi connectivity index (χ0n) is 7.81. The van der Waals surface area contributed by atoms with Crippen LogP contribution in [0.1, 0.15) is 27.2 Å². The van der Waals surface area contributed by atoms with Crippen LogP contribution in [0.2, 0.25) is 0 Å². The van der Waals surface area contributed by atoms with Crippen molar-refractivity contribution in [3.63, 3.8) is 0 Å². The predicted molar refractivity (Wildman–Crippen MR) is 46.6 cm³/mol. The Labute approximate surface area is 72.7 Å². The molecule has 0 aromatic heterocycles. The van der Waals surface area contributed by atoms with Crippen LogP contribution >= 0.6 is 0 Å². The Morgan fingerprint density at radius 3 is 2.25 bits per heavy atom. The highest BCUT2D eigenvalue weighted by Crippen LogP contribution is 1.90. The first-order valence-corrected chi connectivity index (χ1v) is 4.16. The molecule has 0 heterocycles. The van der Waals surface area contributed by atoms with E-state index in [2.05, 4.69) is 10.6 Å². The van der Waals surface area contributed by atoms with Crippen LogP contribution in [0.4, 0.5) is 0 Å². The lowest BCUT2D eigenvalue weighted by atomic mass is 10.2. The van der Waals surface area contributed by atoms with E-state index < -0.39 is 0 Å². The Morgan fingerprint density at radius 2 is 1.92 bits per heavy atom. The molecular weight excluding hydrogens is 156 g/mol. The number of carbonyl (C=O) groups is 2. The summed E-state index contributed by atoms with van der Waals surface area (Å²) in [5, 5.41) is 5.21. The van der Waals surface area contributed by atoms with Crippen molar-refractivity contribution >= 4 is 11.8 Å². The monoisotopic (exact) mass is 172 g/mol. The van der Waals surface area contributed by atoms with E-state index in [1.54, 1.807) is 0 Å². The van der Waals surface area contributed by atoms with Crippen molar-refractivity contribution in [1.29, 1.82) is 0 Å². The molecule has 0 aliphatic rings. The lowest BCUT2D eigenvalue weighted by Crippen LogP contribution is -2.45. The first kappa shape index (κ1) is 10.9. The highest BCUT2D eigenvalue weighted by molar-refractivity contribution is 5.86.